The molecule has 1 aromatic carbocycles. The summed E-state index contributed by atoms with van der Waals surface area (Å²) in [5, 5.41) is 13.5. The number of hydrogen-bond donors (Lipinski definition) is 1. The molecule has 1 heterocycles. The molecule has 1 N–H and O–H groups in total. The lowest BCUT2D eigenvalue weighted by Gasteiger charge is -2.11. The molecule has 0 spiro atoms. The smallest absolute Gasteiger partial charge is 0.285 e. The molecule has 10 nitrogen and oxygen atoms in total. The average molecular weight is 422 g/mol. The zero-order valence-electron chi connectivity index (χ0n) is 16.1. The number of unbranched alkanes of at least 4 members (excludes halogenated alkanes) is 1. The fraction of sp³-hybridized carbons (Fsp3) is 0.333. The molecule has 11 heteroatoms. The van der Waals surface area contributed by atoms with Gasteiger partial charge in [0.05, 0.1) is 16.0 Å². The molecular weight excluding hydrogens is 400 g/mol. The first-order valence-electron chi connectivity index (χ1n) is 8.78. The summed E-state index contributed by atoms with van der Waals surface area (Å²) in [7, 11) is -0.694. The van der Waals surface area contributed by atoms with Crippen molar-refractivity contribution in [3.05, 3.63) is 68.6 Å². The first-order chi connectivity index (χ1) is 13.6. The third-order valence-electron chi connectivity index (χ3n) is 4.19. The van der Waals surface area contributed by atoms with Crippen LogP contribution < -0.4 is 10.9 Å². The lowest BCUT2D eigenvalue weighted by Crippen LogP contribution is -2.25. The summed E-state index contributed by atoms with van der Waals surface area (Å²) < 4.78 is 26.4. The van der Waals surface area contributed by atoms with E-state index >= 15 is 0 Å². The van der Waals surface area contributed by atoms with E-state index in [1.807, 2.05) is 0 Å². The number of carbonyl (C=O) groups is 1. The molecule has 29 heavy (non-hydrogen) atoms. The van der Waals surface area contributed by atoms with Crippen LogP contribution in [-0.2, 0) is 16.6 Å². The summed E-state index contributed by atoms with van der Waals surface area (Å²) >= 11 is 0. The monoisotopic (exact) mass is 422 g/mol. The molecule has 0 aliphatic heterocycles. The first-order valence-corrected chi connectivity index (χ1v) is 10.2. The number of aryl methyl sites for hydroxylation is 1. The van der Waals surface area contributed by atoms with Crippen LogP contribution in [0.2, 0.25) is 0 Å². The number of rotatable bonds is 9. The second kappa shape index (κ2) is 9.43. The van der Waals surface area contributed by atoms with Crippen molar-refractivity contribution in [2.45, 2.75) is 24.3 Å². The van der Waals surface area contributed by atoms with Gasteiger partial charge in [-0.25, -0.2) is 12.7 Å². The fourth-order valence-corrected chi connectivity index (χ4v) is 3.40. The van der Waals surface area contributed by atoms with E-state index in [9.17, 15) is 28.1 Å². The Bertz CT molecular complexity index is 1040. The number of pyridine rings is 1. The maximum Gasteiger partial charge on any atom is 0.285 e. The largest absolute Gasteiger partial charge is 0.352 e. The van der Waals surface area contributed by atoms with E-state index in [0.717, 1.165) is 16.4 Å². The third kappa shape index (κ3) is 5.72. The predicted molar refractivity (Wildman–Crippen MR) is 106 cm³/mol. The van der Waals surface area contributed by atoms with Crippen molar-refractivity contribution < 1.29 is 18.1 Å². The minimum absolute atomic E-state index is 0.0986. The van der Waals surface area contributed by atoms with Crippen molar-refractivity contribution in [1.82, 2.24) is 14.2 Å². The Morgan fingerprint density at radius 2 is 1.79 bits per heavy atom. The van der Waals surface area contributed by atoms with Gasteiger partial charge in [0.2, 0.25) is 10.0 Å². The van der Waals surface area contributed by atoms with Crippen LogP contribution in [0.25, 0.3) is 0 Å². The van der Waals surface area contributed by atoms with Crippen LogP contribution >= 0.6 is 0 Å². The second-order valence-electron chi connectivity index (χ2n) is 6.45. The molecule has 2 aromatic rings. The molecule has 0 fully saturated rings. The van der Waals surface area contributed by atoms with Crippen LogP contribution in [0.15, 0.2) is 52.3 Å². The van der Waals surface area contributed by atoms with Crippen LogP contribution in [0.1, 0.15) is 23.2 Å². The molecule has 2 rings (SSSR count). The summed E-state index contributed by atoms with van der Waals surface area (Å²) in [6.45, 7) is 0.647. The highest BCUT2D eigenvalue weighted by Crippen LogP contribution is 2.14. The molecule has 0 aliphatic carbocycles. The molecule has 0 atom stereocenters. The number of amides is 1. The lowest BCUT2D eigenvalue weighted by molar-refractivity contribution is -0.385. The molecule has 0 bridgehead atoms. The van der Waals surface area contributed by atoms with Gasteiger partial charge < -0.3 is 9.88 Å². The number of hydrogen-bond acceptors (Lipinski definition) is 6. The molecule has 1 aromatic heterocycles. The minimum atomic E-state index is -3.55. The van der Waals surface area contributed by atoms with Crippen LogP contribution in [0.3, 0.4) is 0 Å². The number of nitro groups is 1. The SMILES string of the molecule is CN(C)S(=O)(=O)c1ccc(C(=O)NCCCCn2cc([N+](=O)[O-])ccc2=O)cc1. The van der Waals surface area contributed by atoms with E-state index in [-0.39, 0.29) is 22.0 Å². The molecule has 156 valence electrons. The average Bonchev–Trinajstić information content (AvgIpc) is 2.68. The molecule has 0 aliphatic rings. The Morgan fingerprint density at radius 1 is 1.14 bits per heavy atom. The van der Waals surface area contributed by atoms with E-state index in [0.29, 0.717) is 31.5 Å². The van der Waals surface area contributed by atoms with E-state index < -0.39 is 14.9 Å². The van der Waals surface area contributed by atoms with Crippen LogP contribution in [0.4, 0.5) is 5.69 Å². The predicted octanol–water partition coefficient (Wildman–Crippen LogP) is 1.22. The van der Waals surface area contributed by atoms with Gasteiger partial charge in [-0.1, -0.05) is 0 Å². The highest BCUT2D eigenvalue weighted by atomic mass is 32.2. The number of sulfonamides is 1. The minimum Gasteiger partial charge on any atom is -0.352 e. The van der Waals surface area contributed by atoms with Gasteiger partial charge in [-0.15, -0.1) is 0 Å². The normalized spacial score (nSPS) is 11.4. The van der Waals surface area contributed by atoms with Gasteiger partial charge in [-0.2, -0.15) is 0 Å². The van der Waals surface area contributed by atoms with Crippen molar-refractivity contribution in [3.8, 4) is 0 Å². The second-order valence-corrected chi connectivity index (χ2v) is 8.60. The number of benzene rings is 1. The van der Waals surface area contributed by atoms with E-state index in [4.69, 9.17) is 0 Å². The summed E-state index contributed by atoms with van der Waals surface area (Å²) in [4.78, 5) is 34.2. The maximum absolute atomic E-state index is 12.1. The molecule has 0 unspecified atom stereocenters. The summed E-state index contributed by atoms with van der Waals surface area (Å²) in [5.41, 5.74) is -0.150. The first kappa shape index (κ1) is 22.2. The lowest BCUT2D eigenvalue weighted by atomic mass is 10.2. The van der Waals surface area contributed by atoms with Gasteiger partial charge in [0.1, 0.15) is 0 Å². The summed E-state index contributed by atoms with van der Waals surface area (Å²) in [6, 6.07) is 7.94. The zero-order chi connectivity index (χ0) is 21.6. The third-order valence-corrected chi connectivity index (χ3v) is 6.01. The molecule has 0 radical (unpaired) electrons. The van der Waals surface area contributed by atoms with Crippen LogP contribution in [0, 0.1) is 10.1 Å². The summed E-state index contributed by atoms with van der Waals surface area (Å²) in [6.07, 6.45) is 2.31. The fourth-order valence-electron chi connectivity index (χ4n) is 2.50. The van der Waals surface area contributed by atoms with E-state index in [1.165, 1.54) is 49.1 Å². The van der Waals surface area contributed by atoms with Gasteiger partial charge in [0.25, 0.3) is 17.2 Å². The van der Waals surface area contributed by atoms with Gasteiger partial charge in [-0.05, 0) is 37.1 Å². The standard InChI is InChI=1S/C18H22N4O6S/c1-20(2)29(27,28)16-8-5-14(6-9-16)18(24)19-11-3-4-12-21-13-15(22(25)26)7-10-17(21)23/h5-10,13H,3-4,11-12H2,1-2H3,(H,19,24). The Labute approximate surface area is 168 Å². The number of nitrogens with one attached hydrogen (secondary N) is 1. The number of nitrogens with zero attached hydrogens (tertiary/aromatic N) is 3. The Morgan fingerprint density at radius 3 is 2.38 bits per heavy atom. The molecular formula is C18H22N4O6S. The number of aromatic nitrogens is 1. The molecule has 0 saturated heterocycles. The molecule has 0 saturated carbocycles. The Hall–Kier alpha value is -3.05. The van der Waals surface area contributed by atoms with E-state index in [2.05, 4.69) is 5.32 Å². The van der Waals surface area contributed by atoms with Crippen molar-refractivity contribution in [1.29, 1.82) is 0 Å². The van der Waals surface area contributed by atoms with Gasteiger partial charge in [-0.3, -0.25) is 19.7 Å². The maximum atomic E-state index is 12.1. The van der Waals surface area contributed by atoms with Crippen molar-refractivity contribution in [3.63, 3.8) is 0 Å². The Kier molecular flexibility index (Phi) is 7.23. The van der Waals surface area contributed by atoms with Crippen molar-refractivity contribution >= 4 is 21.6 Å². The quantitative estimate of drug-likeness (QED) is 0.367. The highest BCUT2D eigenvalue weighted by Gasteiger charge is 2.17. The van der Waals surface area contributed by atoms with Crippen LogP contribution in [-0.4, -0.2) is 48.8 Å². The summed E-state index contributed by atoms with van der Waals surface area (Å²) in [5.74, 6) is -0.341. The highest BCUT2D eigenvalue weighted by molar-refractivity contribution is 7.89. The van der Waals surface area contributed by atoms with Gasteiger partial charge >= 0.3 is 0 Å². The van der Waals surface area contributed by atoms with Gasteiger partial charge in [0.15, 0.2) is 0 Å². The molecule has 1 amide bonds. The van der Waals surface area contributed by atoms with E-state index in [1.54, 1.807) is 0 Å². The van der Waals surface area contributed by atoms with Gasteiger partial charge in [0, 0.05) is 44.9 Å². The topological polar surface area (TPSA) is 132 Å². The van der Waals surface area contributed by atoms with Crippen LogP contribution in [0.5, 0.6) is 0 Å². The van der Waals surface area contributed by atoms with Crippen molar-refractivity contribution in [2.75, 3.05) is 20.6 Å². The van der Waals surface area contributed by atoms with Crippen molar-refractivity contribution in [2.24, 2.45) is 0 Å². The zero-order valence-corrected chi connectivity index (χ0v) is 16.9. The Balaban J connectivity index is 1.84. The number of carbonyl (C=O) groups excluding carboxylic acids is 1.